The third-order valence-corrected chi connectivity index (χ3v) is 0.697. The molecule has 0 aliphatic rings. The molecule has 1 aromatic heterocycles. The minimum Gasteiger partial charge on any atom is -0.249 e. The molecule has 0 amide bonds. The normalized spacial score (nSPS) is 9.00. The Morgan fingerprint density at radius 1 is 1.00 bits per heavy atom. The molecule has 0 atom stereocenters. The van der Waals surface area contributed by atoms with Gasteiger partial charge in [0.15, 0.2) is 0 Å². The number of hydrogen-bond donors (Lipinski definition) is 2. The molecule has 12 heavy (non-hydrogen) atoms. The van der Waals surface area contributed by atoms with Gasteiger partial charge in [-0.2, -0.15) is 0 Å². The van der Waals surface area contributed by atoms with E-state index in [9.17, 15) is 0 Å². The van der Waals surface area contributed by atoms with Gasteiger partial charge in [-0.05, 0) is 6.92 Å². The van der Waals surface area contributed by atoms with Crippen LogP contribution in [0.25, 0.3) is 0 Å². The largest absolute Gasteiger partial charge is 0.249 e. The summed E-state index contributed by atoms with van der Waals surface area (Å²) in [6.45, 7) is 1.33. The molecular weight excluding hydrogens is 166 g/mol. The second-order valence-corrected chi connectivity index (χ2v) is 1.57. The summed E-state index contributed by atoms with van der Waals surface area (Å²) in [7, 11) is 0. The van der Waals surface area contributed by atoms with Crippen LogP contribution in [0.3, 0.4) is 0 Å². The SMILES string of the molecule is CC(OO)OO.c1ncncn1. The Balaban J connectivity index is 0.000000202. The summed E-state index contributed by atoms with van der Waals surface area (Å²) in [5.41, 5.74) is 0. The van der Waals surface area contributed by atoms with Crippen molar-refractivity contribution in [3.63, 3.8) is 0 Å². The van der Waals surface area contributed by atoms with E-state index in [2.05, 4.69) is 24.7 Å². The number of rotatable bonds is 2. The lowest BCUT2D eigenvalue weighted by molar-refractivity contribution is -0.425. The van der Waals surface area contributed by atoms with Crippen LogP contribution in [-0.2, 0) is 9.78 Å². The standard InChI is InChI=1S/C3H3N3.C2H6O4/c1-4-2-6-3-5-1;1-2(5-3)6-4/h1-3H;2-4H,1H3. The van der Waals surface area contributed by atoms with Gasteiger partial charge in [-0.15, -0.1) is 0 Å². The van der Waals surface area contributed by atoms with Crippen LogP contribution in [-0.4, -0.2) is 31.8 Å². The molecule has 0 fully saturated rings. The van der Waals surface area contributed by atoms with Crippen molar-refractivity contribution < 1.29 is 20.3 Å². The molecule has 0 aromatic carbocycles. The molecule has 0 saturated carbocycles. The predicted molar refractivity (Wildman–Crippen MR) is 36.7 cm³/mol. The van der Waals surface area contributed by atoms with Crippen LogP contribution in [0.1, 0.15) is 6.92 Å². The lowest BCUT2D eigenvalue weighted by Crippen LogP contribution is -2.06. The first-order valence-corrected chi connectivity index (χ1v) is 2.96. The van der Waals surface area contributed by atoms with Crippen molar-refractivity contribution in [2.75, 3.05) is 0 Å². The van der Waals surface area contributed by atoms with Crippen LogP contribution in [0, 0.1) is 0 Å². The molecule has 1 rings (SSSR count). The van der Waals surface area contributed by atoms with Crippen LogP contribution in [0.2, 0.25) is 0 Å². The van der Waals surface area contributed by atoms with Crippen molar-refractivity contribution in [3.8, 4) is 0 Å². The summed E-state index contributed by atoms with van der Waals surface area (Å²) in [5.74, 6) is 0. The highest BCUT2D eigenvalue weighted by Crippen LogP contribution is 1.82. The molecule has 0 aliphatic carbocycles. The second-order valence-electron chi connectivity index (χ2n) is 1.57. The molecule has 1 aromatic rings. The van der Waals surface area contributed by atoms with E-state index in [0.717, 1.165) is 0 Å². The molecule has 7 heteroatoms. The van der Waals surface area contributed by atoms with Gasteiger partial charge >= 0.3 is 0 Å². The minimum absolute atomic E-state index is 0.954. The smallest absolute Gasteiger partial charge is 0.221 e. The van der Waals surface area contributed by atoms with Crippen LogP contribution in [0.4, 0.5) is 0 Å². The zero-order chi connectivity index (χ0) is 9.23. The first-order valence-electron chi connectivity index (χ1n) is 2.96. The number of aromatic nitrogens is 3. The Morgan fingerprint density at radius 2 is 1.33 bits per heavy atom. The van der Waals surface area contributed by atoms with Gasteiger partial charge in [-0.25, -0.2) is 35.2 Å². The Bertz CT molecular complexity index is 143. The van der Waals surface area contributed by atoms with Gasteiger partial charge in [0.05, 0.1) is 0 Å². The number of nitrogens with zero attached hydrogens (tertiary/aromatic N) is 3. The summed E-state index contributed by atoms with van der Waals surface area (Å²) in [4.78, 5) is 17.5. The monoisotopic (exact) mass is 175 g/mol. The molecular formula is C5H9N3O4. The molecule has 0 spiro atoms. The fourth-order valence-corrected chi connectivity index (χ4v) is 0.224. The van der Waals surface area contributed by atoms with E-state index in [1.165, 1.54) is 25.9 Å². The van der Waals surface area contributed by atoms with E-state index in [1.807, 2.05) is 0 Å². The van der Waals surface area contributed by atoms with Gasteiger partial charge < -0.3 is 0 Å². The van der Waals surface area contributed by atoms with E-state index in [1.54, 1.807) is 0 Å². The molecule has 0 unspecified atom stereocenters. The van der Waals surface area contributed by atoms with Crippen molar-refractivity contribution >= 4 is 0 Å². The highest BCUT2D eigenvalue weighted by Gasteiger charge is 1.93. The topological polar surface area (TPSA) is 97.6 Å². The van der Waals surface area contributed by atoms with Gasteiger partial charge in [0, 0.05) is 0 Å². The van der Waals surface area contributed by atoms with Crippen LogP contribution in [0.15, 0.2) is 19.0 Å². The van der Waals surface area contributed by atoms with Gasteiger partial charge in [0.25, 0.3) is 0 Å². The summed E-state index contributed by atoms with van der Waals surface area (Å²) in [6.07, 6.45) is 3.36. The average Bonchev–Trinajstić information content (AvgIpc) is 2.20. The van der Waals surface area contributed by atoms with Gasteiger partial charge in [-0.1, -0.05) is 0 Å². The molecule has 68 valence electrons. The Kier molecular flexibility index (Phi) is 7.19. The van der Waals surface area contributed by atoms with E-state index in [0.29, 0.717) is 0 Å². The lowest BCUT2D eigenvalue weighted by atomic mass is 10.8. The third kappa shape index (κ3) is 6.96. The predicted octanol–water partition coefficient (Wildman–Crippen LogP) is 0.183. The van der Waals surface area contributed by atoms with Crippen LogP contribution < -0.4 is 0 Å². The lowest BCUT2D eigenvalue weighted by Gasteiger charge is -1.97. The maximum Gasteiger partial charge on any atom is 0.221 e. The molecule has 7 nitrogen and oxygen atoms in total. The number of hydrogen-bond acceptors (Lipinski definition) is 7. The third-order valence-electron chi connectivity index (χ3n) is 0.697. The second kappa shape index (κ2) is 7.95. The summed E-state index contributed by atoms with van der Waals surface area (Å²) in [6, 6.07) is 0. The zero-order valence-corrected chi connectivity index (χ0v) is 6.36. The van der Waals surface area contributed by atoms with Crippen molar-refractivity contribution in [1.29, 1.82) is 0 Å². The quantitative estimate of drug-likeness (QED) is 0.376. The van der Waals surface area contributed by atoms with Gasteiger partial charge in [-0.3, -0.25) is 0 Å². The first kappa shape index (κ1) is 10.8. The van der Waals surface area contributed by atoms with E-state index in [4.69, 9.17) is 10.5 Å². The molecule has 0 radical (unpaired) electrons. The van der Waals surface area contributed by atoms with E-state index in [-0.39, 0.29) is 0 Å². The van der Waals surface area contributed by atoms with E-state index < -0.39 is 6.29 Å². The molecule has 1 heterocycles. The summed E-state index contributed by atoms with van der Waals surface area (Å²) >= 11 is 0. The molecule has 0 bridgehead atoms. The Morgan fingerprint density at radius 3 is 1.42 bits per heavy atom. The first-order chi connectivity index (χ1) is 5.81. The van der Waals surface area contributed by atoms with Crippen molar-refractivity contribution in [2.24, 2.45) is 0 Å². The molecule has 2 N–H and O–H groups in total. The van der Waals surface area contributed by atoms with E-state index >= 15 is 0 Å². The average molecular weight is 175 g/mol. The van der Waals surface area contributed by atoms with Crippen molar-refractivity contribution in [1.82, 2.24) is 15.0 Å². The minimum atomic E-state index is -0.954. The molecule has 0 aliphatic heterocycles. The maximum absolute atomic E-state index is 7.55. The van der Waals surface area contributed by atoms with Crippen molar-refractivity contribution in [3.05, 3.63) is 19.0 Å². The van der Waals surface area contributed by atoms with Gasteiger partial charge in [0.2, 0.25) is 6.29 Å². The van der Waals surface area contributed by atoms with Crippen LogP contribution in [0.5, 0.6) is 0 Å². The van der Waals surface area contributed by atoms with Crippen LogP contribution >= 0.6 is 0 Å². The van der Waals surface area contributed by atoms with Gasteiger partial charge in [0.1, 0.15) is 19.0 Å². The summed E-state index contributed by atoms with van der Waals surface area (Å²) < 4.78 is 0. The Labute approximate surface area is 68.5 Å². The maximum atomic E-state index is 7.55. The highest BCUT2D eigenvalue weighted by molar-refractivity contribution is 4.51. The fraction of sp³-hybridized carbons (Fsp3) is 0.400. The highest BCUT2D eigenvalue weighted by atomic mass is 17.2. The fourth-order valence-electron chi connectivity index (χ4n) is 0.224. The summed E-state index contributed by atoms with van der Waals surface area (Å²) in [5, 5.41) is 15.1. The zero-order valence-electron chi connectivity index (χ0n) is 6.36. The van der Waals surface area contributed by atoms with Crippen molar-refractivity contribution in [2.45, 2.75) is 13.2 Å². The Hall–Kier alpha value is -1.15. The molecule has 0 saturated heterocycles.